The van der Waals surface area contributed by atoms with E-state index < -0.39 is 0 Å². The minimum atomic E-state index is -0.109. The van der Waals surface area contributed by atoms with Crippen molar-refractivity contribution in [3.63, 3.8) is 0 Å². The Morgan fingerprint density at radius 2 is 1.87 bits per heavy atom. The summed E-state index contributed by atoms with van der Waals surface area (Å²) in [5.41, 5.74) is 2.52. The molecule has 1 aliphatic rings. The summed E-state index contributed by atoms with van der Waals surface area (Å²) in [6.45, 7) is 4.33. The molecular formula is C27H33N9O2. The van der Waals surface area contributed by atoms with Crippen LogP contribution in [0.1, 0.15) is 13.3 Å². The van der Waals surface area contributed by atoms with Crippen LogP contribution >= 0.6 is 0 Å². The van der Waals surface area contributed by atoms with Gasteiger partial charge in [0.25, 0.3) is 0 Å². The fourth-order valence-electron chi connectivity index (χ4n) is 4.09. The van der Waals surface area contributed by atoms with Gasteiger partial charge in [0.1, 0.15) is 28.8 Å². The molecule has 1 aliphatic heterocycles. The molecule has 0 spiro atoms. The van der Waals surface area contributed by atoms with Gasteiger partial charge in [0, 0.05) is 69.4 Å². The van der Waals surface area contributed by atoms with Gasteiger partial charge in [0.05, 0.1) is 18.9 Å². The largest absolute Gasteiger partial charge is 0.490 e. The number of nitrogens with zero attached hydrogens (tertiary/aromatic N) is 8. The van der Waals surface area contributed by atoms with Gasteiger partial charge in [-0.2, -0.15) is 5.10 Å². The number of hydrogen-bond donors (Lipinski definition) is 1. The number of aromatic nitrogens is 6. The maximum absolute atomic E-state index is 6.42. The highest BCUT2D eigenvalue weighted by molar-refractivity contribution is 5.72. The lowest BCUT2D eigenvalue weighted by molar-refractivity contribution is 0.173. The smallest absolute Gasteiger partial charge is 0.222 e. The summed E-state index contributed by atoms with van der Waals surface area (Å²) in [5, 5.41) is 7.62. The van der Waals surface area contributed by atoms with E-state index in [0.29, 0.717) is 42.1 Å². The molecule has 0 saturated heterocycles. The van der Waals surface area contributed by atoms with Crippen molar-refractivity contribution in [2.24, 2.45) is 7.05 Å². The van der Waals surface area contributed by atoms with E-state index in [-0.39, 0.29) is 6.10 Å². The summed E-state index contributed by atoms with van der Waals surface area (Å²) in [7, 11) is 8.02. The Kier molecular flexibility index (Phi) is 7.36. The van der Waals surface area contributed by atoms with Gasteiger partial charge < -0.3 is 24.6 Å². The Balaban J connectivity index is 1.45. The average molecular weight is 516 g/mol. The molecule has 4 bridgehead atoms. The summed E-state index contributed by atoms with van der Waals surface area (Å²) >= 11 is 0. The van der Waals surface area contributed by atoms with Crippen molar-refractivity contribution in [1.29, 1.82) is 0 Å². The highest BCUT2D eigenvalue weighted by Crippen LogP contribution is 2.34. The molecule has 0 amide bonds. The number of fused-ring (bicyclic) bond motifs is 6. The van der Waals surface area contributed by atoms with Crippen LogP contribution in [0.5, 0.6) is 11.6 Å². The van der Waals surface area contributed by atoms with Gasteiger partial charge in [-0.05, 0) is 39.2 Å². The highest BCUT2D eigenvalue weighted by atomic mass is 16.5. The first kappa shape index (κ1) is 25.4. The molecule has 5 rings (SSSR count). The van der Waals surface area contributed by atoms with Gasteiger partial charge in [0.2, 0.25) is 5.88 Å². The molecule has 1 N–H and O–H groups in total. The van der Waals surface area contributed by atoms with Crippen LogP contribution in [0.4, 0.5) is 17.5 Å². The molecule has 11 nitrogen and oxygen atoms in total. The maximum atomic E-state index is 6.42. The van der Waals surface area contributed by atoms with Crippen LogP contribution < -0.4 is 19.7 Å². The molecule has 0 saturated carbocycles. The normalized spacial score (nSPS) is 15.1. The van der Waals surface area contributed by atoms with Crippen LogP contribution in [0.25, 0.3) is 22.5 Å². The fraction of sp³-hybridized carbons (Fsp3) is 0.370. The monoisotopic (exact) mass is 515 g/mol. The third-order valence-electron chi connectivity index (χ3n) is 6.33. The first-order valence-electron chi connectivity index (χ1n) is 12.6. The number of rotatable bonds is 5. The van der Waals surface area contributed by atoms with E-state index in [1.807, 2.05) is 39.3 Å². The van der Waals surface area contributed by atoms with E-state index in [9.17, 15) is 0 Å². The minimum Gasteiger partial charge on any atom is -0.490 e. The van der Waals surface area contributed by atoms with Gasteiger partial charge in [-0.3, -0.25) is 0 Å². The molecule has 0 aromatic carbocycles. The van der Waals surface area contributed by atoms with Crippen LogP contribution in [0.3, 0.4) is 0 Å². The number of ether oxygens (including phenoxy) is 2. The molecule has 0 fully saturated rings. The van der Waals surface area contributed by atoms with Crippen molar-refractivity contribution in [2.75, 3.05) is 51.1 Å². The fourth-order valence-corrected chi connectivity index (χ4v) is 4.09. The third-order valence-corrected chi connectivity index (χ3v) is 6.33. The number of pyridine rings is 2. The Morgan fingerprint density at radius 1 is 1.00 bits per heavy atom. The van der Waals surface area contributed by atoms with Crippen LogP contribution in [0.2, 0.25) is 0 Å². The summed E-state index contributed by atoms with van der Waals surface area (Å²) in [6, 6.07) is 7.77. The molecule has 5 heterocycles. The van der Waals surface area contributed by atoms with Gasteiger partial charge in [-0.25, -0.2) is 24.6 Å². The number of nitrogens with one attached hydrogen (secondary N) is 1. The standard InChI is InChI=1S/C27H33N9O2/c1-18-9-13-37-27-21(17-31-36(27)5)26-28-10-8-23(33-26)32-24-14-22(38-18)20(16-29-24)19-6-7-25(30-15-19)35(4)12-11-34(2)3/h6-8,10,14-18H,9,11-13H2,1-5H3,(H,28,29,32,33)/t18-/m0/s1. The summed E-state index contributed by atoms with van der Waals surface area (Å²) in [4.78, 5) is 22.7. The van der Waals surface area contributed by atoms with Gasteiger partial charge in [-0.1, -0.05) is 0 Å². The van der Waals surface area contributed by atoms with Gasteiger partial charge in [0.15, 0.2) is 5.82 Å². The molecule has 4 aromatic rings. The van der Waals surface area contributed by atoms with Crippen molar-refractivity contribution in [3.05, 3.63) is 49.1 Å². The maximum Gasteiger partial charge on any atom is 0.222 e. The number of anilines is 3. The van der Waals surface area contributed by atoms with E-state index in [1.165, 1.54) is 0 Å². The lowest BCUT2D eigenvalue weighted by Gasteiger charge is -2.21. The number of hydrogen-bond acceptors (Lipinski definition) is 10. The number of aryl methyl sites for hydroxylation is 1. The lowest BCUT2D eigenvalue weighted by atomic mass is 10.1. The first-order chi connectivity index (χ1) is 18.4. The predicted molar refractivity (Wildman–Crippen MR) is 147 cm³/mol. The summed E-state index contributed by atoms with van der Waals surface area (Å²) in [5.74, 6) is 3.99. The second-order valence-corrected chi connectivity index (χ2v) is 9.64. The van der Waals surface area contributed by atoms with Crippen molar-refractivity contribution >= 4 is 17.5 Å². The second-order valence-electron chi connectivity index (χ2n) is 9.64. The summed E-state index contributed by atoms with van der Waals surface area (Å²) < 4.78 is 14.2. The van der Waals surface area contributed by atoms with E-state index in [4.69, 9.17) is 14.5 Å². The molecule has 0 radical (unpaired) electrons. The average Bonchev–Trinajstić information content (AvgIpc) is 3.27. The van der Waals surface area contributed by atoms with Gasteiger partial charge >= 0.3 is 0 Å². The minimum absolute atomic E-state index is 0.109. The lowest BCUT2D eigenvalue weighted by Crippen LogP contribution is -2.28. The first-order valence-corrected chi connectivity index (χ1v) is 12.6. The predicted octanol–water partition coefficient (Wildman–Crippen LogP) is 3.63. The topological polar surface area (TPSA) is 106 Å². The molecule has 0 aliphatic carbocycles. The van der Waals surface area contributed by atoms with Crippen LogP contribution in [-0.4, -0.2) is 81.6 Å². The Morgan fingerprint density at radius 3 is 2.66 bits per heavy atom. The van der Waals surface area contributed by atoms with Crippen molar-refractivity contribution in [2.45, 2.75) is 19.4 Å². The van der Waals surface area contributed by atoms with Crippen LogP contribution in [0, 0.1) is 0 Å². The van der Waals surface area contributed by atoms with E-state index >= 15 is 0 Å². The van der Waals surface area contributed by atoms with Crippen molar-refractivity contribution in [3.8, 4) is 34.1 Å². The zero-order valence-electron chi connectivity index (χ0n) is 22.4. The molecule has 4 aromatic heterocycles. The molecular weight excluding hydrogens is 482 g/mol. The molecule has 38 heavy (non-hydrogen) atoms. The van der Waals surface area contributed by atoms with Crippen LogP contribution in [-0.2, 0) is 7.05 Å². The molecule has 11 heteroatoms. The zero-order valence-corrected chi connectivity index (χ0v) is 22.4. The van der Waals surface area contributed by atoms with Crippen molar-refractivity contribution < 1.29 is 9.47 Å². The second kappa shape index (κ2) is 11.0. The van der Waals surface area contributed by atoms with E-state index in [1.54, 1.807) is 29.3 Å². The molecule has 1 atom stereocenters. The Labute approximate surface area is 222 Å². The van der Waals surface area contributed by atoms with Crippen LogP contribution in [0.15, 0.2) is 49.1 Å². The quantitative estimate of drug-likeness (QED) is 0.423. The Hall–Kier alpha value is -4.25. The van der Waals surface area contributed by atoms with Gasteiger partial charge in [-0.15, -0.1) is 0 Å². The highest BCUT2D eigenvalue weighted by Gasteiger charge is 2.19. The third kappa shape index (κ3) is 5.67. The molecule has 198 valence electrons. The zero-order chi connectivity index (χ0) is 26.6. The van der Waals surface area contributed by atoms with E-state index in [0.717, 1.165) is 35.6 Å². The number of likely N-dealkylation sites (N-methyl/N-ethyl adjacent to an activating group) is 2. The van der Waals surface area contributed by atoms with Crippen molar-refractivity contribution in [1.82, 2.24) is 34.6 Å². The van der Waals surface area contributed by atoms with E-state index in [2.05, 4.69) is 55.3 Å². The molecule has 0 unspecified atom stereocenters. The SMILES string of the molecule is C[C@H]1CCOc2c(cnn2C)-c2nccc(n2)Nc2cc(c(-c3ccc(N(C)CCN(C)C)nc3)cn2)O1. The Bertz CT molecular complexity index is 1390. The summed E-state index contributed by atoms with van der Waals surface area (Å²) in [6.07, 6.45) is 7.65.